The largest absolute Gasteiger partial charge is 0.337 e. The van der Waals surface area contributed by atoms with Gasteiger partial charge in [0.25, 0.3) is 5.91 Å². The number of carbonyl (C=O) groups is 1. The fourth-order valence-corrected chi connectivity index (χ4v) is 5.84. The molecule has 3 heterocycles. The summed E-state index contributed by atoms with van der Waals surface area (Å²) in [6.07, 6.45) is 5.11. The molecule has 0 bridgehead atoms. The minimum Gasteiger partial charge on any atom is -0.337 e. The minimum atomic E-state index is -0.199. The molecule has 9 heteroatoms. The zero-order valence-electron chi connectivity index (χ0n) is 23.7. The Kier molecular flexibility index (Phi) is 8.97. The second-order valence-corrected chi connectivity index (χ2v) is 11.1. The molecular weight excluding hydrogens is 579 g/mol. The number of anilines is 1. The molecule has 5 aromatic rings. The van der Waals surface area contributed by atoms with Crippen LogP contribution >= 0.6 is 24.8 Å². The summed E-state index contributed by atoms with van der Waals surface area (Å²) in [7, 11) is 0. The number of aromatic nitrogens is 3. The van der Waals surface area contributed by atoms with Gasteiger partial charge in [0.05, 0.1) is 5.69 Å². The average Bonchev–Trinajstić information content (AvgIpc) is 3.03. The zero-order chi connectivity index (χ0) is 27.8. The molecule has 220 valence electrons. The number of halogens is 2. The summed E-state index contributed by atoms with van der Waals surface area (Å²) in [6.45, 7) is 2.58. The molecule has 0 atom stereocenters. The van der Waals surface area contributed by atoms with Crippen molar-refractivity contribution in [1.29, 1.82) is 0 Å². The molecule has 7 nitrogen and oxygen atoms in total. The summed E-state index contributed by atoms with van der Waals surface area (Å²) in [4.78, 5) is 31.7. The molecule has 1 amide bonds. The van der Waals surface area contributed by atoms with Crippen LogP contribution in [0.4, 0.5) is 5.95 Å². The molecule has 0 radical (unpaired) electrons. The van der Waals surface area contributed by atoms with Crippen LogP contribution in [0.15, 0.2) is 97.2 Å². The van der Waals surface area contributed by atoms with Gasteiger partial charge in [-0.05, 0) is 48.6 Å². The van der Waals surface area contributed by atoms with Gasteiger partial charge in [-0.15, -0.1) is 24.8 Å². The van der Waals surface area contributed by atoms with Gasteiger partial charge >= 0.3 is 0 Å². The number of nitrogens with two attached hydrogens (primary N) is 1. The summed E-state index contributed by atoms with van der Waals surface area (Å²) in [5, 5.41) is 0.890. The van der Waals surface area contributed by atoms with Crippen LogP contribution in [0.5, 0.6) is 0 Å². The number of pyridine rings is 1. The Balaban J connectivity index is 0.00000184. The molecule has 7 rings (SSSR count). The smallest absolute Gasteiger partial charge is 0.253 e. The van der Waals surface area contributed by atoms with Crippen LogP contribution in [-0.4, -0.2) is 51.9 Å². The van der Waals surface area contributed by atoms with Crippen LogP contribution in [0, 0.1) is 0 Å². The average molecular weight is 614 g/mol. The number of nitrogens with zero attached hydrogens (tertiary/aromatic N) is 5. The second kappa shape index (κ2) is 12.7. The lowest BCUT2D eigenvalue weighted by atomic mass is 9.72. The third-order valence-electron chi connectivity index (χ3n) is 8.49. The van der Waals surface area contributed by atoms with E-state index in [1.807, 2.05) is 59.6 Å². The van der Waals surface area contributed by atoms with Crippen molar-refractivity contribution in [2.45, 2.75) is 24.8 Å². The molecule has 43 heavy (non-hydrogen) atoms. The molecule has 1 aliphatic heterocycles. The Labute approximate surface area is 264 Å². The first-order valence-electron chi connectivity index (χ1n) is 14.3. The van der Waals surface area contributed by atoms with E-state index < -0.39 is 0 Å². The number of fused-ring (bicyclic) bond motifs is 1. The first kappa shape index (κ1) is 30.4. The summed E-state index contributed by atoms with van der Waals surface area (Å²) in [5.74, 6) is 0.703. The third-order valence-corrected chi connectivity index (χ3v) is 8.49. The maximum atomic E-state index is 12.9. The maximum absolute atomic E-state index is 12.9. The van der Waals surface area contributed by atoms with E-state index in [0.29, 0.717) is 37.8 Å². The van der Waals surface area contributed by atoms with Crippen molar-refractivity contribution in [3.8, 4) is 22.4 Å². The zero-order valence-corrected chi connectivity index (χ0v) is 25.4. The van der Waals surface area contributed by atoms with Gasteiger partial charge in [-0.3, -0.25) is 4.79 Å². The highest BCUT2D eigenvalue weighted by Gasteiger charge is 2.34. The monoisotopic (exact) mass is 612 g/mol. The van der Waals surface area contributed by atoms with Crippen LogP contribution in [0.2, 0.25) is 0 Å². The first-order chi connectivity index (χ1) is 20.1. The van der Waals surface area contributed by atoms with Crippen molar-refractivity contribution in [2.24, 2.45) is 5.73 Å². The van der Waals surface area contributed by atoms with E-state index in [0.717, 1.165) is 46.2 Å². The lowest BCUT2D eigenvalue weighted by Gasteiger charge is -2.38. The quantitative estimate of drug-likeness (QED) is 0.244. The van der Waals surface area contributed by atoms with Gasteiger partial charge in [-0.25, -0.2) is 9.97 Å². The highest BCUT2D eigenvalue weighted by Crippen LogP contribution is 2.40. The highest BCUT2D eigenvalue weighted by molar-refractivity contribution is 5.94. The predicted molar refractivity (Wildman–Crippen MR) is 177 cm³/mol. The maximum Gasteiger partial charge on any atom is 0.253 e. The number of hydrogen-bond acceptors (Lipinski definition) is 6. The molecule has 2 aliphatic rings. The number of carbonyl (C=O) groups excluding carboxylic acids is 1. The molecule has 0 unspecified atom stereocenters. The highest BCUT2D eigenvalue weighted by atomic mass is 35.5. The van der Waals surface area contributed by atoms with Crippen LogP contribution in [-0.2, 0) is 5.54 Å². The molecule has 1 aliphatic carbocycles. The van der Waals surface area contributed by atoms with Crippen molar-refractivity contribution in [2.75, 3.05) is 31.1 Å². The van der Waals surface area contributed by atoms with Crippen LogP contribution in [0.1, 0.15) is 35.2 Å². The van der Waals surface area contributed by atoms with Crippen LogP contribution < -0.4 is 10.6 Å². The van der Waals surface area contributed by atoms with Crippen molar-refractivity contribution in [3.05, 3.63) is 108 Å². The molecule has 0 spiro atoms. The van der Waals surface area contributed by atoms with E-state index in [4.69, 9.17) is 20.7 Å². The fraction of sp³-hybridized carbons (Fsp3) is 0.235. The molecule has 2 fully saturated rings. The van der Waals surface area contributed by atoms with Gasteiger partial charge < -0.3 is 15.5 Å². The minimum absolute atomic E-state index is 0. The second-order valence-electron chi connectivity index (χ2n) is 11.1. The van der Waals surface area contributed by atoms with Gasteiger partial charge in [0.15, 0.2) is 5.65 Å². The fourth-order valence-electron chi connectivity index (χ4n) is 5.84. The summed E-state index contributed by atoms with van der Waals surface area (Å²) in [6, 6.07) is 30.5. The number of benzene rings is 3. The summed E-state index contributed by atoms with van der Waals surface area (Å²) >= 11 is 0. The van der Waals surface area contributed by atoms with Gasteiger partial charge in [-0.1, -0.05) is 72.8 Å². The van der Waals surface area contributed by atoms with Crippen molar-refractivity contribution >= 4 is 47.7 Å². The van der Waals surface area contributed by atoms with E-state index in [1.165, 1.54) is 12.0 Å². The van der Waals surface area contributed by atoms with E-state index in [9.17, 15) is 4.79 Å². The lowest BCUT2D eigenvalue weighted by Crippen LogP contribution is -2.49. The number of amides is 1. The van der Waals surface area contributed by atoms with E-state index in [2.05, 4.69) is 47.4 Å². The Hall–Kier alpha value is -4.04. The summed E-state index contributed by atoms with van der Waals surface area (Å²) < 4.78 is 0. The molecular formula is C34H34Cl2N6O. The van der Waals surface area contributed by atoms with Crippen molar-refractivity contribution in [3.63, 3.8) is 0 Å². The van der Waals surface area contributed by atoms with Gasteiger partial charge in [-0.2, -0.15) is 4.98 Å². The van der Waals surface area contributed by atoms with E-state index in [-0.39, 0.29) is 36.3 Å². The topological polar surface area (TPSA) is 88.2 Å². The Morgan fingerprint density at radius 2 is 1.42 bits per heavy atom. The number of piperazine rings is 1. The number of hydrogen-bond donors (Lipinski definition) is 1. The molecule has 2 N–H and O–H groups in total. The van der Waals surface area contributed by atoms with Gasteiger partial charge in [0.1, 0.15) is 0 Å². The Morgan fingerprint density at radius 1 is 0.767 bits per heavy atom. The molecule has 3 aromatic carbocycles. The van der Waals surface area contributed by atoms with E-state index >= 15 is 0 Å². The van der Waals surface area contributed by atoms with Gasteiger partial charge in [0.2, 0.25) is 5.95 Å². The van der Waals surface area contributed by atoms with E-state index in [1.54, 1.807) is 0 Å². The SMILES string of the molecule is Cl.Cl.NC1(c2ccc(-c3nc4nc(N5CCN(C(=O)c6ccccc6)CC5)ncc4cc3-c3ccccc3)cc2)CCC1. The molecule has 1 saturated carbocycles. The first-order valence-corrected chi connectivity index (χ1v) is 14.3. The number of rotatable bonds is 5. The molecule has 1 saturated heterocycles. The van der Waals surface area contributed by atoms with Crippen LogP contribution in [0.3, 0.4) is 0 Å². The van der Waals surface area contributed by atoms with Gasteiger partial charge in [0, 0.05) is 60.0 Å². The Bertz CT molecular complexity index is 1700. The normalized spacial score (nSPS) is 15.7. The summed E-state index contributed by atoms with van der Waals surface area (Å²) in [5.41, 5.74) is 13.0. The lowest BCUT2D eigenvalue weighted by molar-refractivity contribution is 0.0746. The third kappa shape index (κ3) is 5.93. The Morgan fingerprint density at radius 3 is 2.05 bits per heavy atom. The van der Waals surface area contributed by atoms with Crippen molar-refractivity contribution in [1.82, 2.24) is 19.9 Å². The van der Waals surface area contributed by atoms with Crippen molar-refractivity contribution < 1.29 is 4.79 Å². The molecule has 2 aromatic heterocycles. The standard InChI is InChI=1S/C34H32N6O.2ClH/c35-34(16-7-17-34)28-14-12-25(13-15-28)30-29(24-8-3-1-4-9-24)22-27-23-36-33(38-31(27)37-30)40-20-18-39(19-21-40)32(41)26-10-5-2-6-11-26;;/h1-6,8-15,22-23H,7,16-21,35H2;2*1H. The predicted octanol–water partition coefficient (Wildman–Crippen LogP) is 6.50. The van der Waals surface area contributed by atoms with Crippen LogP contribution in [0.25, 0.3) is 33.4 Å².